The van der Waals surface area contributed by atoms with Crippen LogP contribution in [0.1, 0.15) is 0 Å². The molecule has 0 aromatic heterocycles. The number of hydrogen-bond acceptors (Lipinski definition) is 2. The van der Waals surface area contributed by atoms with Crippen molar-refractivity contribution in [2.45, 2.75) is 0 Å². The van der Waals surface area contributed by atoms with Gasteiger partial charge in [0, 0.05) is 0 Å². The average molecular weight is 210 g/mol. The quantitative estimate of drug-likeness (QED) is 0.577. The first-order chi connectivity index (χ1) is 2.81. The standard InChI is InChI=1S/C3H4O2.La/c1-2-3(4)5;/h2H,1H2,(H,4,5);/q;+1/p-1. The van der Waals surface area contributed by atoms with Gasteiger partial charge in [0.1, 0.15) is 0 Å². The van der Waals surface area contributed by atoms with E-state index >= 15 is 0 Å². The van der Waals surface area contributed by atoms with E-state index in [1.165, 1.54) is 0 Å². The van der Waals surface area contributed by atoms with Gasteiger partial charge < -0.3 is 0 Å². The second-order valence-electron chi connectivity index (χ2n) is 0.641. The molecule has 0 aromatic carbocycles. The Morgan fingerprint density at radius 1 is 2.00 bits per heavy atom. The molecule has 0 atom stereocenters. The Bertz CT molecular complexity index is 69.2. The molecule has 2 nitrogen and oxygen atoms in total. The van der Waals surface area contributed by atoms with Crippen molar-refractivity contribution in [2.24, 2.45) is 0 Å². The third-order valence-corrected chi connectivity index (χ3v) is 1.01. The van der Waals surface area contributed by atoms with Crippen LogP contribution in [0.25, 0.3) is 0 Å². The fourth-order valence-electron chi connectivity index (χ4n) is 0.0481. The molecule has 0 aromatic rings. The van der Waals surface area contributed by atoms with E-state index < -0.39 is 0 Å². The molecule has 3 heteroatoms. The average Bonchev–Trinajstić information content (AvgIpc) is 1.65. The number of carbonyl (C=O) groups is 1. The third-order valence-electron chi connectivity index (χ3n) is 0.283. The molecule has 6 heavy (non-hydrogen) atoms. The van der Waals surface area contributed by atoms with Gasteiger partial charge in [0.15, 0.2) is 0 Å². The fourth-order valence-corrected chi connectivity index (χ4v) is 0.350. The Hall–Kier alpha value is 0.405. The van der Waals surface area contributed by atoms with Crippen LogP contribution < -0.4 is 0 Å². The van der Waals surface area contributed by atoms with Crippen LogP contribution in [-0.2, 0) is 6.50 Å². The van der Waals surface area contributed by atoms with Crippen molar-refractivity contribution in [1.29, 1.82) is 0 Å². The number of carbonyl (C=O) groups excluding carboxylic acids is 1. The van der Waals surface area contributed by atoms with E-state index in [9.17, 15) is 4.79 Å². The molecule has 0 aliphatic heterocycles. The van der Waals surface area contributed by atoms with Crippen molar-refractivity contribution >= 4 is 5.97 Å². The van der Waals surface area contributed by atoms with Crippen LogP contribution in [0.3, 0.4) is 0 Å². The van der Waals surface area contributed by atoms with Crippen molar-refractivity contribution in [2.75, 3.05) is 0 Å². The van der Waals surface area contributed by atoms with Crippen molar-refractivity contribution in [1.82, 2.24) is 0 Å². The summed E-state index contributed by atoms with van der Waals surface area (Å²) in [6.07, 6.45) is 1.15. The van der Waals surface area contributed by atoms with Crippen molar-refractivity contribution in [3.63, 3.8) is 0 Å². The van der Waals surface area contributed by atoms with Gasteiger partial charge in [-0.3, -0.25) is 0 Å². The number of hydrogen-bond donors (Lipinski definition) is 0. The SMILES string of the molecule is C=CC(=O)[O][La]. The Kier molecular flexibility index (Phi) is 3.83. The Morgan fingerprint density at radius 2 is 2.50 bits per heavy atom. The van der Waals surface area contributed by atoms with Gasteiger partial charge in [-0.25, -0.2) is 0 Å². The van der Waals surface area contributed by atoms with Crippen LogP contribution >= 0.6 is 0 Å². The van der Waals surface area contributed by atoms with Gasteiger partial charge in [-0.2, -0.15) is 0 Å². The first kappa shape index (κ1) is 6.40. The van der Waals surface area contributed by atoms with E-state index in [1.807, 2.05) is 0 Å². The molecule has 0 saturated heterocycles. The van der Waals surface area contributed by atoms with Crippen LogP contribution in [0, 0.1) is 34.3 Å². The molecule has 0 unspecified atom stereocenters. The minimum absolute atomic E-state index is 0.292. The Labute approximate surface area is 59.1 Å². The van der Waals surface area contributed by atoms with Crippen LogP contribution in [-0.4, -0.2) is 5.97 Å². The summed E-state index contributed by atoms with van der Waals surface area (Å²) in [5, 5.41) is 0. The molecule has 0 bridgehead atoms. The second kappa shape index (κ2) is 3.59. The van der Waals surface area contributed by atoms with Crippen LogP contribution in [0.15, 0.2) is 12.7 Å². The zero-order chi connectivity index (χ0) is 4.99. The van der Waals surface area contributed by atoms with Gasteiger partial charge in [0.25, 0.3) is 0 Å². The molecule has 0 heterocycles. The molecule has 0 amide bonds. The summed E-state index contributed by atoms with van der Waals surface area (Å²) >= 11 is 0.292. The monoisotopic (exact) mass is 210 g/mol. The van der Waals surface area contributed by atoms with Gasteiger partial charge >= 0.3 is 59.4 Å². The molecule has 0 spiro atoms. The first-order valence-corrected chi connectivity index (χ1v) is 2.82. The molecule has 0 radical (unpaired) electrons. The van der Waals surface area contributed by atoms with Crippen molar-refractivity contribution in [3.8, 4) is 0 Å². The van der Waals surface area contributed by atoms with E-state index in [4.69, 9.17) is 0 Å². The molecule has 30 valence electrons. The topological polar surface area (TPSA) is 26.3 Å². The summed E-state index contributed by atoms with van der Waals surface area (Å²) in [7, 11) is 0. The Morgan fingerprint density at radius 3 is 2.50 bits per heavy atom. The fraction of sp³-hybridized carbons (Fsp3) is 0. The molecule has 0 aliphatic carbocycles. The van der Waals surface area contributed by atoms with E-state index in [2.05, 4.69) is 8.28 Å². The maximum atomic E-state index is 9.88. The van der Waals surface area contributed by atoms with Crippen molar-refractivity contribution in [3.05, 3.63) is 12.7 Å². The minimum atomic E-state index is -0.319. The predicted octanol–water partition coefficient (Wildman–Crippen LogP) is 0.180. The zero-order valence-electron chi connectivity index (χ0n) is 3.18. The van der Waals surface area contributed by atoms with E-state index in [1.54, 1.807) is 0 Å². The van der Waals surface area contributed by atoms with E-state index in [0.29, 0.717) is 34.3 Å². The first-order valence-electron chi connectivity index (χ1n) is 1.34. The molecular formula is C3H3LaO2. The van der Waals surface area contributed by atoms with Gasteiger partial charge in [-0.15, -0.1) is 0 Å². The molecule has 0 rings (SSSR count). The summed E-state index contributed by atoms with van der Waals surface area (Å²) < 4.78 is 4.31. The summed E-state index contributed by atoms with van der Waals surface area (Å²) in [6.45, 7) is 3.18. The molecule has 0 N–H and O–H groups in total. The Balaban J connectivity index is 3.23. The normalized spacial score (nSPS) is 6.50. The van der Waals surface area contributed by atoms with Gasteiger partial charge in [-0.1, -0.05) is 0 Å². The van der Waals surface area contributed by atoms with Crippen LogP contribution in [0.2, 0.25) is 0 Å². The maximum absolute atomic E-state index is 9.88. The number of rotatable bonds is 1. The summed E-state index contributed by atoms with van der Waals surface area (Å²) in [5.41, 5.74) is 0. The van der Waals surface area contributed by atoms with Gasteiger partial charge in [0.05, 0.1) is 0 Å². The van der Waals surface area contributed by atoms with Crippen molar-refractivity contribution < 1.29 is 40.8 Å². The summed E-state index contributed by atoms with van der Waals surface area (Å²) in [5.74, 6) is -0.319. The molecular weight excluding hydrogens is 207 g/mol. The van der Waals surface area contributed by atoms with Gasteiger partial charge in [0.2, 0.25) is 0 Å². The van der Waals surface area contributed by atoms with Crippen LogP contribution in [0.5, 0.6) is 0 Å². The van der Waals surface area contributed by atoms with Crippen LogP contribution in [0.4, 0.5) is 0 Å². The predicted molar refractivity (Wildman–Crippen MR) is 16.3 cm³/mol. The molecule has 0 fully saturated rings. The third kappa shape index (κ3) is 2.63. The van der Waals surface area contributed by atoms with E-state index in [0.717, 1.165) is 6.08 Å². The van der Waals surface area contributed by atoms with E-state index in [-0.39, 0.29) is 5.97 Å². The second-order valence-corrected chi connectivity index (χ2v) is 1.38. The zero-order valence-corrected chi connectivity index (χ0v) is 6.80. The van der Waals surface area contributed by atoms with Gasteiger partial charge in [-0.05, 0) is 0 Å². The molecule has 0 aliphatic rings. The molecule has 0 saturated carbocycles. The summed E-state index contributed by atoms with van der Waals surface area (Å²) in [6, 6.07) is 0. The summed E-state index contributed by atoms with van der Waals surface area (Å²) in [4.78, 5) is 9.88.